The summed E-state index contributed by atoms with van der Waals surface area (Å²) < 4.78 is 4.98. The van der Waals surface area contributed by atoms with Gasteiger partial charge in [0.15, 0.2) is 0 Å². The van der Waals surface area contributed by atoms with E-state index in [2.05, 4.69) is 6.92 Å². The Morgan fingerprint density at radius 3 is 2.44 bits per heavy atom. The Morgan fingerprint density at radius 2 is 2.00 bits per heavy atom. The molecule has 3 nitrogen and oxygen atoms in total. The first kappa shape index (κ1) is 14.0. The summed E-state index contributed by atoms with van der Waals surface area (Å²) in [5.41, 5.74) is 2.25. The van der Waals surface area contributed by atoms with E-state index in [0.29, 0.717) is 5.57 Å². The maximum absolute atomic E-state index is 11.5. The summed E-state index contributed by atoms with van der Waals surface area (Å²) in [4.78, 5) is 11.5. The normalized spacial score (nSPS) is 11.2. The summed E-state index contributed by atoms with van der Waals surface area (Å²) in [6, 6.07) is 9.61. The average molecular weight is 243 g/mol. The highest BCUT2D eigenvalue weighted by Gasteiger charge is 2.06. The number of esters is 1. The summed E-state index contributed by atoms with van der Waals surface area (Å²) in [6.45, 7) is 5.61. The van der Waals surface area contributed by atoms with Gasteiger partial charge in [-0.3, -0.25) is 0 Å². The molecule has 0 aromatic heterocycles. The number of ether oxygens (including phenoxy) is 1. The lowest BCUT2D eigenvalue weighted by Crippen LogP contribution is -2.09. The highest BCUT2D eigenvalue weighted by atomic mass is 16.5. The summed E-state index contributed by atoms with van der Waals surface area (Å²) in [5.74, 6) is -0.485. The average Bonchev–Trinajstić information content (AvgIpc) is 2.35. The van der Waals surface area contributed by atoms with Crippen LogP contribution in [0.5, 0.6) is 0 Å². The lowest BCUT2D eigenvalue weighted by molar-refractivity contribution is -0.141. The molecular weight excluding hydrogens is 226 g/mol. The van der Waals surface area contributed by atoms with Crippen LogP contribution in [0.4, 0.5) is 0 Å². The monoisotopic (exact) mass is 243 g/mol. The molecule has 0 aliphatic heterocycles. The second-order valence-corrected chi connectivity index (χ2v) is 4.21. The van der Waals surface area contributed by atoms with Crippen molar-refractivity contribution < 1.29 is 9.53 Å². The van der Waals surface area contributed by atoms with Gasteiger partial charge in [0.2, 0.25) is 0 Å². The number of nitriles is 1. The maximum atomic E-state index is 11.5. The zero-order valence-electron chi connectivity index (χ0n) is 10.9. The number of benzene rings is 1. The van der Waals surface area contributed by atoms with Crippen molar-refractivity contribution in [3.63, 3.8) is 0 Å². The Labute approximate surface area is 108 Å². The van der Waals surface area contributed by atoms with Crippen molar-refractivity contribution in [2.75, 3.05) is 0 Å². The van der Waals surface area contributed by atoms with Crippen molar-refractivity contribution >= 4 is 11.5 Å². The Morgan fingerprint density at radius 1 is 1.39 bits per heavy atom. The van der Waals surface area contributed by atoms with Gasteiger partial charge in [-0.1, -0.05) is 31.2 Å². The van der Waals surface area contributed by atoms with Crippen LogP contribution < -0.4 is 0 Å². The minimum atomic E-state index is -0.485. The molecule has 0 aliphatic carbocycles. The van der Waals surface area contributed by atoms with Gasteiger partial charge >= 0.3 is 5.97 Å². The molecule has 0 saturated carbocycles. The molecule has 94 valence electrons. The number of nitrogens with zero attached hydrogens (tertiary/aromatic N) is 1. The Kier molecular flexibility index (Phi) is 5.13. The van der Waals surface area contributed by atoms with E-state index in [1.54, 1.807) is 13.8 Å². The zero-order chi connectivity index (χ0) is 13.5. The number of allylic oxidation sites excluding steroid dienone is 1. The van der Waals surface area contributed by atoms with Gasteiger partial charge in [0.25, 0.3) is 0 Å². The van der Waals surface area contributed by atoms with Crippen molar-refractivity contribution in [1.82, 2.24) is 0 Å². The molecule has 0 fully saturated rings. The van der Waals surface area contributed by atoms with Gasteiger partial charge in [-0.2, -0.15) is 5.26 Å². The van der Waals surface area contributed by atoms with E-state index in [1.807, 2.05) is 30.3 Å². The van der Waals surface area contributed by atoms with Gasteiger partial charge in [0.05, 0.1) is 11.7 Å². The zero-order valence-corrected chi connectivity index (χ0v) is 10.9. The van der Waals surface area contributed by atoms with Gasteiger partial charge in [0, 0.05) is 6.08 Å². The van der Waals surface area contributed by atoms with Crippen LogP contribution in [0.15, 0.2) is 30.3 Å². The summed E-state index contributed by atoms with van der Waals surface area (Å²) in [6.07, 6.45) is 2.00. The second kappa shape index (κ2) is 6.61. The van der Waals surface area contributed by atoms with Crippen LogP contribution in [-0.2, 0) is 16.0 Å². The standard InChI is InChI=1S/C15H17NO2/c1-4-12-5-7-13(8-6-12)14(10-16)9-15(17)18-11(2)3/h5-9,11H,4H2,1-3H3. The molecule has 1 rings (SSSR count). The third kappa shape index (κ3) is 4.06. The first-order valence-corrected chi connectivity index (χ1v) is 5.98. The maximum Gasteiger partial charge on any atom is 0.332 e. The lowest BCUT2D eigenvalue weighted by atomic mass is 10.0. The molecular formula is C15H17NO2. The molecule has 0 radical (unpaired) electrons. The summed E-state index contributed by atoms with van der Waals surface area (Å²) in [7, 11) is 0. The number of hydrogen-bond donors (Lipinski definition) is 0. The molecule has 1 aromatic rings. The van der Waals surface area contributed by atoms with Crippen LogP contribution in [-0.4, -0.2) is 12.1 Å². The number of carbonyl (C=O) groups is 1. The van der Waals surface area contributed by atoms with Gasteiger partial charge < -0.3 is 4.74 Å². The lowest BCUT2D eigenvalue weighted by Gasteiger charge is -2.05. The third-order valence-corrected chi connectivity index (χ3v) is 2.41. The number of hydrogen-bond acceptors (Lipinski definition) is 3. The van der Waals surface area contributed by atoms with Crippen LogP contribution in [0.3, 0.4) is 0 Å². The van der Waals surface area contributed by atoms with E-state index in [1.165, 1.54) is 11.6 Å². The van der Waals surface area contributed by atoms with Gasteiger partial charge in [-0.05, 0) is 31.4 Å². The quantitative estimate of drug-likeness (QED) is 0.464. The van der Waals surface area contributed by atoms with Crippen molar-refractivity contribution in [1.29, 1.82) is 5.26 Å². The van der Waals surface area contributed by atoms with E-state index >= 15 is 0 Å². The molecule has 0 saturated heterocycles. The fraction of sp³-hybridized carbons (Fsp3) is 0.333. The minimum Gasteiger partial charge on any atom is -0.460 e. The van der Waals surface area contributed by atoms with Gasteiger partial charge in [0.1, 0.15) is 6.07 Å². The van der Waals surface area contributed by atoms with E-state index in [9.17, 15) is 4.79 Å². The van der Waals surface area contributed by atoms with Gasteiger partial charge in [-0.15, -0.1) is 0 Å². The van der Waals surface area contributed by atoms with E-state index in [4.69, 9.17) is 10.00 Å². The number of aryl methyl sites for hydroxylation is 1. The molecule has 0 atom stereocenters. The molecule has 0 N–H and O–H groups in total. The van der Waals surface area contributed by atoms with Crippen LogP contribution in [0.2, 0.25) is 0 Å². The first-order chi connectivity index (χ1) is 8.56. The highest BCUT2D eigenvalue weighted by molar-refractivity contribution is 5.95. The third-order valence-electron chi connectivity index (χ3n) is 2.41. The van der Waals surface area contributed by atoms with Crippen molar-refractivity contribution in [2.45, 2.75) is 33.3 Å². The van der Waals surface area contributed by atoms with Crippen LogP contribution >= 0.6 is 0 Å². The Hall–Kier alpha value is -2.08. The molecule has 0 unspecified atom stereocenters. The van der Waals surface area contributed by atoms with Crippen LogP contribution in [0.25, 0.3) is 5.57 Å². The minimum absolute atomic E-state index is 0.184. The summed E-state index contributed by atoms with van der Waals surface area (Å²) in [5, 5.41) is 9.06. The van der Waals surface area contributed by atoms with Crippen molar-refractivity contribution in [2.24, 2.45) is 0 Å². The topological polar surface area (TPSA) is 50.1 Å². The molecule has 0 spiro atoms. The fourth-order valence-corrected chi connectivity index (χ4v) is 1.48. The largest absolute Gasteiger partial charge is 0.460 e. The van der Waals surface area contributed by atoms with Gasteiger partial charge in [-0.25, -0.2) is 4.79 Å². The second-order valence-electron chi connectivity index (χ2n) is 4.21. The van der Waals surface area contributed by atoms with Crippen molar-refractivity contribution in [3.05, 3.63) is 41.5 Å². The number of carbonyl (C=O) groups excluding carboxylic acids is 1. The van der Waals surface area contributed by atoms with Crippen LogP contribution in [0, 0.1) is 11.3 Å². The molecule has 0 heterocycles. The predicted molar refractivity (Wildman–Crippen MR) is 70.6 cm³/mol. The predicted octanol–water partition coefficient (Wildman–Crippen LogP) is 3.11. The molecule has 3 heteroatoms. The van der Waals surface area contributed by atoms with E-state index in [-0.39, 0.29) is 6.10 Å². The number of rotatable bonds is 4. The van der Waals surface area contributed by atoms with E-state index < -0.39 is 5.97 Å². The molecule has 0 bridgehead atoms. The van der Waals surface area contributed by atoms with Crippen LogP contribution in [0.1, 0.15) is 31.9 Å². The van der Waals surface area contributed by atoms with E-state index in [0.717, 1.165) is 12.0 Å². The Bertz CT molecular complexity index is 478. The molecule has 1 aromatic carbocycles. The molecule has 18 heavy (non-hydrogen) atoms. The highest BCUT2D eigenvalue weighted by Crippen LogP contribution is 2.15. The fourth-order valence-electron chi connectivity index (χ4n) is 1.48. The first-order valence-electron chi connectivity index (χ1n) is 5.98. The Balaban J connectivity index is 2.92. The molecule has 0 aliphatic rings. The van der Waals surface area contributed by atoms with Crippen molar-refractivity contribution in [3.8, 4) is 6.07 Å². The summed E-state index contributed by atoms with van der Waals surface area (Å²) >= 11 is 0. The molecule has 0 amide bonds. The smallest absolute Gasteiger partial charge is 0.332 e. The SMILES string of the molecule is CCc1ccc(C(C#N)=CC(=O)OC(C)C)cc1.